The van der Waals surface area contributed by atoms with Crippen LogP contribution in [0.25, 0.3) is 0 Å². The summed E-state index contributed by atoms with van der Waals surface area (Å²) < 4.78 is 40.1. The number of carbonyl (C=O) groups is 2. The highest BCUT2D eigenvalue weighted by Gasteiger charge is 2.41. The van der Waals surface area contributed by atoms with Crippen LogP contribution in [0.15, 0.2) is 12.1 Å². The molecule has 102 valence electrons. The minimum Gasteiger partial charge on any atom is -0.341 e. The molecule has 0 spiro atoms. The summed E-state index contributed by atoms with van der Waals surface area (Å²) in [6.07, 6.45) is 0. The summed E-state index contributed by atoms with van der Waals surface area (Å²) in [4.78, 5) is 24.2. The Labute approximate surface area is 107 Å². The molecule has 7 heteroatoms. The van der Waals surface area contributed by atoms with Crippen LogP contribution in [0.2, 0.25) is 0 Å². The van der Waals surface area contributed by atoms with Gasteiger partial charge in [0.25, 0.3) is 5.91 Å². The fourth-order valence-electron chi connectivity index (χ4n) is 1.97. The predicted molar refractivity (Wildman–Crippen MR) is 60.9 cm³/mol. The molecule has 0 aromatic heterocycles. The molecule has 4 nitrogen and oxygen atoms in total. The second-order valence-corrected chi connectivity index (χ2v) is 4.78. The van der Waals surface area contributed by atoms with Crippen molar-refractivity contribution in [2.45, 2.75) is 19.4 Å². The molecule has 2 amide bonds. The lowest BCUT2D eigenvalue weighted by atomic mass is 10.00. The van der Waals surface area contributed by atoms with Gasteiger partial charge in [0.1, 0.15) is 23.6 Å². The Balaban J connectivity index is 2.52. The van der Waals surface area contributed by atoms with Crippen molar-refractivity contribution in [2.24, 2.45) is 0 Å². The minimum atomic E-state index is -1.28. The molecule has 19 heavy (non-hydrogen) atoms. The number of hydrogen-bond acceptors (Lipinski definition) is 2. The van der Waals surface area contributed by atoms with Crippen molar-refractivity contribution in [2.75, 3.05) is 11.4 Å². The van der Waals surface area contributed by atoms with Crippen LogP contribution in [-0.4, -0.2) is 23.9 Å². The van der Waals surface area contributed by atoms with E-state index in [1.165, 1.54) is 13.8 Å². The van der Waals surface area contributed by atoms with Gasteiger partial charge in [-0.2, -0.15) is 0 Å². The van der Waals surface area contributed by atoms with Gasteiger partial charge in [-0.1, -0.05) is 0 Å². The number of hydrogen-bond donors (Lipinski definition) is 1. The third-order valence-corrected chi connectivity index (χ3v) is 2.79. The molecule has 1 aromatic carbocycles. The lowest BCUT2D eigenvalue weighted by Gasteiger charge is -2.37. The van der Waals surface area contributed by atoms with Crippen LogP contribution in [0.4, 0.5) is 18.9 Å². The van der Waals surface area contributed by atoms with Crippen molar-refractivity contribution in [1.82, 2.24) is 5.32 Å². The zero-order chi connectivity index (χ0) is 14.4. The van der Waals surface area contributed by atoms with Gasteiger partial charge in [0.15, 0.2) is 11.6 Å². The summed E-state index contributed by atoms with van der Waals surface area (Å²) in [6.45, 7) is 2.32. The Hall–Kier alpha value is -2.05. The Morgan fingerprint density at radius 2 is 1.68 bits per heavy atom. The largest absolute Gasteiger partial charge is 0.341 e. The first-order valence-electron chi connectivity index (χ1n) is 5.50. The molecule has 0 aliphatic carbocycles. The molecule has 1 fully saturated rings. The Morgan fingerprint density at radius 3 is 2.21 bits per heavy atom. The number of nitrogens with one attached hydrogen (secondary N) is 1. The van der Waals surface area contributed by atoms with Crippen LogP contribution in [0.3, 0.4) is 0 Å². The molecule has 1 aliphatic rings. The summed E-state index contributed by atoms with van der Waals surface area (Å²) in [5.41, 5.74) is -1.99. The Bertz CT molecular complexity index is 549. The van der Waals surface area contributed by atoms with Gasteiger partial charge in [0, 0.05) is 12.1 Å². The van der Waals surface area contributed by atoms with E-state index < -0.39 is 47.0 Å². The summed E-state index contributed by atoms with van der Waals surface area (Å²) >= 11 is 0. The molecule has 1 heterocycles. The van der Waals surface area contributed by atoms with Crippen LogP contribution in [-0.2, 0) is 9.59 Å². The lowest BCUT2D eigenvalue weighted by molar-refractivity contribution is -0.134. The van der Waals surface area contributed by atoms with Crippen molar-refractivity contribution < 1.29 is 22.8 Å². The molecule has 1 N–H and O–H groups in total. The average Bonchev–Trinajstić information content (AvgIpc) is 2.22. The van der Waals surface area contributed by atoms with Crippen molar-refractivity contribution >= 4 is 17.5 Å². The molecule has 0 unspecified atom stereocenters. The summed E-state index contributed by atoms with van der Waals surface area (Å²) in [5, 5.41) is 2.41. The summed E-state index contributed by atoms with van der Waals surface area (Å²) in [5.74, 6) is -4.76. The van der Waals surface area contributed by atoms with E-state index in [2.05, 4.69) is 5.32 Å². The maximum atomic E-state index is 13.6. The van der Waals surface area contributed by atoms with Gasteiger partial charge in [-0.05, 0) is 13.8 Å². The van der Waals surface area contributed by atoms with Gasteiger partial charge in [0.2, 0.25) is 5.91 Å². The third-order valence-electron chi connectivity index (χ3n) is 2.79. The summed E-state index contributed by atoms with van der Waals surface area (Å²) in [6, 6.07) is 0.927. The van der Waals surface area contributed by atoms with E-state index >= 15 is 0 Å². The number of anilines is 1. The van der Waals surface area contributed by atoms with E-state index in [0.29, 0.717) is 17.0 Å². The lowest BCUT2D eigenvalue weighted by Crippen LogP contribution is -2.64. The molecule has 0 bridgehead atoms. The number of rotatable bonds is 1. The van der Waals surface area contributed by atoms with Crippen molar-refractivity contribution in [1.29, 1.82) is 0 Å². The first-order valence-corrected chi connectivity index (χ1v) is 5.50. The third kappa shape index (κ3) is 2.27. The summed E-state index contributed by atoms with van der Waals surface area (Å²) in [7, 11) is 0. The molecule has 0 atom stereocenters. The van der Waals surface area contributed by atoms with Gasteiger partial charge in [-0.15, -0.1) is 0 Å². The van der Waals surface area contributed by atoms with Crippen LogP contribution in [0.1, 0.15) is 13.8 Å². The predicted octanol–water partition coefficient (Wildman–Crippen LogP) is 1.35. The molecular formula is C12H11F3N2O2. The maximum absolute atomic E-state index is 13.6. The monoisotopic (exact) mass is 272 g/mol. The number of benzene rings is 1. The second kappa shape index (κ2) is 4.25. The van der Waals surface area contributed by atoms with Crippen LogP contribution >= 0.6 is 0 Å². The highest BCUT2D eigenvalue weighted by molar-refractivity contribution is 6.08. The average molecular weight is 272 g/mol. The van der Waals surface area contributed by atoms with Crippen molar-refractivity contribution in [3.8, 4) is 0 Å². The van der Waals surface area contributed by atoms with Crippen LogP contribution in [0, 0.1) is 17.5 Å². The van der Waals surface area contributed by atoms with Crippen molar-refractivity contribution in [3.05, 3.63) is 29.6 Å². The quantitative estimate of drug-likeness (QED) is 0.839. The van der Waals surface area contributed by atoms with Crippen LogP contribution < -0.4 is 10.2 Å². The zero-order valence-electron chi connectivity index (χ0n) is 10.3. The van der Waals surface area contributed by atoms with E-state index in [9.17, 15) is 22.8 Å². The first kappa shape index (κ1) is 13.4. The zero-order valence-corrected chi connectivity index (χ0v) is 10.3. The second-order valence-electron chi connectivity index (χ2n) is 4.78. The van der Waals surface area contributed by atoms with E-state index in [0.717, 1.165) is 0 Å². The van der Waals surface area contributed by atoms with E-state index in [4.69, 9.17) is 0 Å². The van der Waals surface area contributed by atoms with E-state index in [-0.39, 0.29) is 0 Å². The standard InChI is InChI=1S/C12H11F3N2O2/c1-12(2)11(19)17(5-9(18)16-12)10-7(14)3-6(13)4-8(10)15/h3-4H,5H2,1-2H3,(H,16,18). The van der Waals surface area contributed by atoms with E-state index in [1.807, 2.05) is 0 Å². The highest BCUT2D eigenvalue weighted by atomic mass is 19.1. The van der Waals surface area contributed by atoms with Crippen LogP contribution in [0.5, 0.6) is 0 Å². The molecule has 2 rings (SSSR count). The number of amides is 2. The number of nitrogens with zero attached hydrogens (tertiary/aromatic N) is 1. The normalized spacial score (nSPS) is 18.5. The SMILES string of the molecule is CC1(C)NC(=O)CN(c2c(F)cc(F)cc2F)C1=O. The van der Waals surface area contributed by atoms with Crippen molar-refractivity contribution in [3.63, 3.8) is 0 Å². The molecule has 1 aliphatic heterocycles. The minimum absolute atomic E-state index is 0.463. The number of piperazine rings is 1. The fourth-order valence-corrected chi connectivity index (χ4v) is 1.97. The van der Waals surface area contributed by atoms with Gasteiger partial charge in [-0.3, -0.25) is 14.5 Å². The topological polar surface area (TPSA) is 49.4 Å². The Morgan fingerprint density at radius 1 is 1.16 bits per heavy atom. The molecule has 1 saturated heterocycles. The first-order chi connectivity index (χ1) is 8.72. The van der Waals surface area contributed by atoms with Gasteiger partial charge < -0.3 is 5.32 Å². The smallest absolute Gasteiger partial charge is 0.252 e. The Kier molecular flexibility index (Phi) is 3.00. The van der Waals surface area contributed by atoms with E-state index in [1.54, 1.807) is 0 Å². The van der Waals surface area contributed by atoms with Gasteiger partial charge in [0.05, 0.1) is 0 Å². The van der Waals surface area contributed by atoms with Gasteiger partial charge in [-0.25, -0.2) is 13.2 Å². The molecular weight excluding hydrogens is 261 g/mol. The van der Waals surface area contributed by atoms with Gasteiger partial charge >= 0.3 is 0 Å². The number of carbonyl (C=O) groups excluding carboxylic acids is 2. The fraction of sp³-hybridized carbons (Fsp3) is 0.333. The highest BCUT2D eigenvalue weighted by Crippen LogP contribution is 2.28. The molecule has 1 aromatic rings. The maximum Gasteiger partial charge on any atom is 0.252 e. The molecule has 0 radical (unpaired) electrons. The number of halogens is 3. The molecule has 0 saturated carbocycles.